The molecule has 2 rings (SSSR count). The Morgan fingerprint density at radius 3 is 3.00 bits per heavy atom. The van der Waals surface area contributed by atoms with Crippen LogP contribution in [0.1, 0.15) is 17.0 Å². The maximum absolute atomic E-state index is 11.9. The van der Waals surface area contributed by atoms with E-state index < -0.39 is 9.84 Å². The van der Waals surface area contributed by atoms with E-state index in [0.29, 0.717) is 12.4 Å². The predicted octanol–water partition coefficient (Wildman–Crippen LogP) is -0.620. The lowest BCUT2D eigenvalue weighted by atomic mass is 10.1. The standard InChI is InChI=1S/C10H15N3O3S/c1-13-4-2-12-10(13)9(14)6-8-7-17(15,16)5-3-11-8/h2,4,8,11H,3,5-7H2,1H3. The third-order valence-electron chi connectivity index (χ3n) is 2.80. The fourth-order valence-corrected chi connectivity index (χ4v) is 3.39. The number of nitrogens with one attached hydrogen (secondary N) is 1. The molecule has 0 aromatic carbocycles. The number of hydrogen-bond donors (Lipinski definition) is 1. The number of rotatable bonds is 3. The Balaban J connectivity index is 2.02. The van der Waals surface area contributed by atoms with Crippen molar-refractivity contribution >= 4 is 15.6 Å². The molecule has 1 fully saturated rings. The Morgan fingerprint density at radius 1 is 1.65 bits per heavy atom. The quantitative estimate of drug-likeness (QED) is 0.730. The Labute approximate surface area is 100.0 Å². The third-order valence-corrected chi connectivity index (χ3v) is 4.54. The van der Waals surface area contributed by atoms with E-state index in [-0.39, 0.29) is 29.8 Å². The molecule has 1 atom stereocenters. The number of carbonyl (C=O) groups is 1. The van der Waals surface area contributed by atoms with Crippen LogP contribution in [0.2, 0.25) is 0 Å². The van der Waals surface area contributed by atoms with Gasteiger partial charge in [-0.3, -0.25) is 4.79 Å². The maximum atomic E-state index is 11.9. The second-order valence-electron chi connectivity index (χ2n) is 4.25. The van der Waals surface area contributed by atoms with E-state index in [1.54, 1.807) is 24.0 Å². The normalized spacial score (nSPS) is 23.5. The molecule has 1 aliphatic heterocycles. The summed E-state index contributed by atoms with van der Waals surface area (Å²) in [6.45, 7) is 0.418. The van der Waals surface area contributed by atoms with Crippen LogP contribution in [0.5, 0.6) is 0 Å². The minimum atomic E-state index is -3.00. The molecule has 0 bridgehead atoms. The van der Waals surface area contributed by atoms with Crippen LogP contribution in [-0.4, -0.2) is 47.8 Å². The van der Waals surface area contributed by atoms with Gasteiger partial charge in [0.25, 0.3) is 0 Å². The summed E-state index contributed by atoms with van der Waals surface area (Å²) in [6, 6.07) is -0.294. The zero-order chi connectivity index (χ0) is 12.5. The molecule has 0 spiro atoms. The smallest absolute Gasteiger partial charge is 0.199 e. The van der Waals surface area contributed by atoms with Gasteiger partial charge in [0.2, 0.25) is 0 Å². The van der Waals surface area contributed by atoms with Crippen molar-refractivity contribution in [1.82, 2.24) is 14.9 Å². The number of sulfone groups is 1. The molecule has 2 heterocycles. The SMILES string of the molecule is Cn1ccnc1C(=O)CC1CS(=O)(=O)CCN1. The van der Waals surface area contributed by atoms with Crippen LogP contribution < -0.4 is 5.32 Å². The van der Waals surface area contributed by atoms with Crippen molar-refractivity contribution in [2.24, 2.45) is 7.05 Å². The number of aryl methyl sites for hydroxylation is 1. The predicted molar refractivity (Wildman–Crippen MR) is 62.6 cm³/mol. The number of imidazole rings is 1. The van der Waals surface area contributed by atoms with Gasteiger partial charge in [0.1, 0.15) is 0 Å². The number of carbonyl (C=O) groups excluding carboxylic acids is 1. The van der Waals surface area contributed by atoms with Crippen molar-refractivity contribution in [2.75, 3.05) is 18.1 Å². The van der Waals surface area contributed by atoms with Crippen molar-refractivity contribution in [3.63, 3.8) is 0 Å². The third kappa shape index (κ3) is 2.92. The maximum Gasteiger partial charge on any atom is 0.199 e. The minimum Gasteiger partial charge on any atom is -0.332 e. The van der Waals surface area contributed by atoms with Crippen LogP contribution in [0.15, 0.2) is 12.4 Å². The van der Waals surface area contributed by atoms with Gasteiger partial charge in [0.05, 0.1) is 11.5 Å². The molecule has 17 heavy (non-hydrogen) atoms. The summed E-state index contributed by atoms with van der Waals surface area (Å²) in [5, 5.41) is 3.05. The van der Waals surface area contributed by atoms with E-state index in [1.165, 1.54) is 0 Å². The highest BCUT2D eigenvalue weighted by atomic mass is 32.2. The summed E-state index contributed by atoms with van der Waals surface area (Å²) in [7, 11) is -1.26. The van der Waals surface area contributed by atoms with Crippen LogP contribution >= 0.6 is 0 Å². The highest BCUT2D eigenvalue weighted by Gasteiger charge is 2.27. The molecule has 1 unspecified atom stereocenters. The van der Waals surface area contributed by atoms with E-state index in [0.717, 1.165) is 0 Å². The van der Waals surface area contributed by atoms with Gasteiger partial charge in [-0.15, -0.1) is 0 Å². The molecule has 0 amide bonds. The summed E-state index contributed by atoms with van der Waals surface area (Å²) in [6.07, 6.45) is 3.42. The van der Waals surface area contributed by atoms with E-state index >= 15 is 0 Å². The van der Waals surface area contributed by atoms with Crippen molar-refractivity contribution in [1.29, 1.82) is 0 Å². The fourth-order valence-electron chi connectivity index (χ4n) is 1.95. The van der Waals surface area contributed by atoms with E-state index in [2.05, 4.69) is 10.3 Å². The summed E-state index contributed by atoms with van der Waals surface area (Å²) in [5.41, 5.74) is 0. The van der Waals surface area contributed by atoms with Crippen molar-refractivity contribution in [3.05, 3.63) is 18.2 Å². The van der Waals surface area contributed by atoms with E-state index in [4.69, 9.17) is 0 Å². The first-order valence-corrected chi connectivity index (χ1v) is 7.24. The molecule has 6 nitrogen and oxygen atoms in total. The molecule has 1 aliphatic rings. The van der Waals surface area contributed by atoms with Gasteiger partial charge in [-0.05, 0) is 0 Å². The number of Topliss-reactive ketones (excluding diaryl/α,β-unsaturated/α-hetero) is 1. The van der Waals surface area contributed by atoms with Gasteiger partial charge in [-0.2, -0.15) is 0 Å². The molecule has 1 saturated heterocycles. The molecular formula is C10H15N3O3S. The van der Waals surface area contributed by atoms with Crippen LogP contribution in [0.4, 0.5) is 0 Å². The highest BCUT2D eigenvalue weighted by molar-refractivity contribution is 7.91. The molecule has 7 heteroatoms. The van der Waals surface area contributed by atoms with Gasteiger partial charge in [-0.25, -0.2) is 13.4 Å². The van der Waals surface area contributed by atoms with Crippen molar-refractivity contribution in [2.45, 2.75) is 12.5 Å². The first kappa shape index (κ1) is 12.3. The van der Waals surface area contributed by atoms with Crippen LogP contribution in [0, 0.1) is 0 Å². The Kier molecular flexibility index (Phi) is 3.30. The monoisotopic (exact) mass is 257 g/mol. The Bertz CT molecular complexity index is 521. The molecule has 1 aromatic rings. The summed E-state index contributed by atoms with van der Waals surface area (Å²) >= 11 is 0. The minimum absolute atomic E-state index is 0.0309. The highest BCUT2D eigenvalue weighted by Crippen LogP contribution is 2.08. The van der Waals surface area contributed by atoms with Gasteiger partial charge in [0.15, 0.2) is 21.4 Å². The lowest BCUT2D eigenvalue weighted by molar-refractivity contribution is 0.0958. The summed E-state index contributed by atoms with van der Waals surface area (Å²) < 4.78 is 24.5. The zero-order valence-corrected chi connectivity index (χ0v) is 10.4. The first-order chi connectivity index (χ1) is 7.98. The van der Waals surface area contributed by atoms with Crippen LogP contribution in [0.3, 0.4) is 0 Å². The lowest BCUT2D eigenvalue weighted by Gasteiger charge is -2.22. The zero-order valence-electron chi connectivity index (χ0n) is 9.59. The van der Waals surface area contributed by atoms with E-state index in [1.807, 2.05) is 0 Å². The topological polar surface area (TPSA) is 81.1 Å². The number of hydrogen-bond acceptors (Lipinski definition) is 5. The molecule has 1 N–H and O–H groups in total. The molecular weight excluding hydrogens is 242 g/mol. The number of aromatic nitrogens is 2. The van der Waals surface area contributed by atoms with Crippen LogP contribution in [0.25, 0.3) is 0 Å². The average molecular weight is 257 g/mol. The number of nitrogens with zero attached hydrogens (tertiary/aromatic N) is 2. The molecule has 94 valence electrons. The second-order valence-corrected chi connectivity index (χ2v) is 6.48. The first-order valence-electron chi connectivity index (χ1n) is 5.42. The van der Waals surface area contributed by atoms with Gasteiger partial charge < -0.3 is 9.88 Å². The van der Waals surface area contributed by atoms with E-state index in [9.17, 15) is 13.2 Å². The molecule has 0 aliphatic carbocycles. The Morgan fingerprint density at radius 2 is 2.41 bits per heavy atom. The van der Waals surface area contributed by atoms with Crippen molar-refractivity contribution < 1.29 is 13.2 Å². The fraction of sp³-hybridized carbons (Fsp3) is 0.600. The van der Waals surface area contributed by atoms with Gasteiger partial charge in [-0.1, -0.05) is 0 Å². The average Bonchev–Trinajstić information content (AvgIpc) is 2.62. The summed E-state index contributed by atoms with van der Waals surface area (Å²) in [4.78, 5) is 15.8. The van der Waals surface area contributed by atoms with Gasteiger partial charge in [0, 0.05) is 38.4 Å². The van der Waals surface area contributed by atoms with Crippen LogP contribution in [-0.2, 0) is 16.9 Å². The number of ketones is 1. The molecule has 0 radical (unpaired) electrons. The summed E-state index contributed by atoms with van der Waals surface area (Å²) in [5.74, 6) is 0.422. The second kappa shape index (κ2) is 4.58. The molecule has 1 aromatic heterocycles. The van der Waals surface area contributed by atoms with Gasteiger partial charge >= 0.3 is 0 Å². The Hall–Kier alpha value is -1.21. The lowest BCUT2D eigenvalue weighted by Crippen LogP contribution is -2.46. The largest absolute Gasteiger partial charge is 0.332 e. The van der Waals surface area contributed by atoms with Crippen molar-refractivity contribution in [3.8, 4) is 0 Å². The molecule has 0 saturated carbocycles.